The van der Waals surface area contributed by atoms with Crippen molar-refractivity contribution in [1.82, 2.24) is 34.6 Å². The van der Waals surface area contributed by atoms with E-state index < -0.39 is 0 Å². The van der Waals surface area contributed by atoms with Gasteiger partial charge < -0.3 is 9.88 Å². The average molecular weight is 373 g/mol. The number of rotatable bonds is 5. The summed E-state index contributed by atoms with van der Waals surface area (Å²) in [6, 6.07) is 7.46. The van der Waals surface area contributed by atoms with Crippen LogP contribution in [-0.2, 0) is 20.6 Å². The highest BCUT2D eigenvalue weighted by Gasteiger charge is 2.14. The van der Waals surface area contributed by atoms with Gasteiger partial charge in [-0.2, -0.15) is 5.10 Å². The number of hydrogen-bond donors (Lipinski definition) is 1. The molecule has 0 atom stereocenters. The van der Waals surface area contributed by atoms with Gasteiger partial charge in [0.15, 0.2) is 5.82 Å². The minimum absolute atomic E-state index is 0.148. The van der Waals surface area contributed by atoms with Crippen molar-refractivity contribution in [3.63, 3.8) is 0 Å². The average Bonchev–Trinajstić information content (AvgIpc) is 3.33. The van der Waals surface area contributed by atoms with Crippen LogP contribution in [0.3, 0.4) is 0 Å². The van der Waals surface area contributed by atoms with Gasteiger partial charge >= 0.3 is 0 Å². The number of hydrogen-bond acceptors (Lipinski definition) is 5. The Labute approximate surface area is 161 Å². The first-order valence-electron chi connectivity index (χ1n) is 8.76. The van der Waals surface area contributed by atoms with E-state index in [-0.39, 0.29) is 5.91 Å². The summed E-state index contributed by atoms with van der Waals surface area (Å²) in [7, 11) is 3.69. The first-order chi connectivity index (χ1) is 13.6. The number of aromatic nitrogens is 6. The Bertz CT molecular complexity index is 1100. The molecule has 0 aliphatic carbocycles. The fourth-order valence-electron chi connectivity index (χ4n) is 2.93. The van der Waals surface area contributed by atoms with E-state index in [1.54, 1.807) is 40.2 Å². The summed E-state index contributed by atoms with van der Waals surface area (Å²) in [5.41, 5.74) is 4.08. The third-order valence-electron chi connectivity index (χ3n) is 4.45. The number of pyridine rings is 1. The van der Waals surface area contributed by atoms with Crippen molar-refractivity contribution in [3.05, 3.63) is 72.7 Å². The fourth-order valence-corrected chi connectivity index (χ4v) is 2.93. The quantitative estimate of drug-likeness (QED) is 0.579. The van der Waals surface area contributed by atoms with Crippen molar-refractivity contribution in [3.8, 4) is 22.6 Å². The van der Waals surface area contributed by atoms with Gasteiger partial charge in [-0.05, 0) is 23.8 Å². The number of amides is 1. The number of aryl methyl sites for hydroxylation is 2. The van der Waals surface area contributed by atoms with Gasteiger partial charge in [-0.15, -0.1) is 0 Å². The Morgan fingerprint density at radius 2 is 1.89 bits per heavy atom. The zero-order valence-electron chi connectivity index (χ0n) is 15.6. The monoisotopic (exact) mass is 373 g/mol. The lowest BCUT2D eigenvalue weighted by atomic mass is 10.2. The van der Waals surface area contributed by atoms with E-state index in [4.69, 9.17) is 0 Å². The first kappa shape index (κ1) is 17.6. The summed E-state index contributed by atoms with van der Waals surface area (Å²) in [6.07, 6.45) is 10.5. The first-order valence-corrected chi connectivity index (χ1v) is 8.76. The molecule has 0 spiro atoms. The van der Waals surface area contributed by atoms with Crippen molar-refractivity contribution < 1.29 is 4.79 Å². The van der Waals surface area contributed by atoms with Crippen LogP contribution in [0, 0.1) is 0 Å². The Hall–Kier alpha value is -3.81. The molecular weight excluding hydrogens is 354 g/mol. The molecule has 0 aliphatic heterocycles. The van der Waals surface area contributed by atoms with Crippen LogP contribution in [0.15, 0.2) is 61.4 Å². The minimum Gasteiger partial charge on any atom is -0.347 e. The van der Waals surface area contributed by atoms with Crippen LogP contribution in [0.25, 0.3) is 22.6 Å². The number of nitrogens with one attached hydrogen (secondary N) is 1. The number of carbonyl (C=O) groups is 1. The van der Waals surface area contributed by atoms with Crippen molar-refractivity contribution in [1.29, 1.82) is 0 Å². The lowest BCUT2D eigenvalue weighted by Gasteiger charge is -2.05. The van der Waals surface area contributed by atoms with E-state index >= 15 is 0 Å². The molecule has 28 heavy (non-hydrogen) atoms. The summed E-state index contributed by atoms with van der Waals surface area (Å²) in [6.45, 7) is 0.426. The second-order valence-corrected chi connectivity index (χ2v) is 6.40. The maximum Gasteiger partial charge on any atom is 0.268 e. The molecule has 0 saturated carbocycles. The summed E-state index contributed by atoms with van der Waals surface area (Å²) >= 11 is 0. The third-order valence-corrected chi connectivity index (χ3v) is 4.45. The zero-order valence-corrected chi connectivity index (χ0v) is 15.6. The Morgan fingerprint density at radius 3 is 2.57 bits per heavy atom. The molecule has 140 valence electrons. The highest BCUT2D eigenvalue weighted by molar-refractivity contribution is 5.94. The molecule has 0 fully saturated rings. The minimum atomic E-state index is -0.148. The van der Waals surface area contributed by atoms with Gasteiger partial charge in [-0.3, -0.25) is 14.5 Å². The van der Waals surface area contributed by atoms with Gasteiger partial charge in [0.1, 0.15) is 11.4 Å². The smallest absolute Gasteiger partial charge is 0.268 e. The molecule has 0 unspecified atom stereocenters. The van der Waals surface area contributed by atoms with Gasteiger partial charge in [0.25, 0.3) is 5.91 Å². The molecule has 0 bridgehead atoms. The second kappa shape index (κ2) is 7.43. The van der Waals surface area contributed by atoms with Crippen LogP contribution >= 0.6 is 0 Å². The normalized spacial score (nSPS) is 10.8. The molecule has 1 N–H and O–H groups in total. The molecule has 4 rings (SSSR count). The highest BCUT2D eigenvalue weighted by atomic mass is 16.1. The largest absolute Gasteiger partial charge is 0.347 e. The number of carbonyl (C=O) groups excluding carboxylic acids is 1. The molecule has 1 amide bonds. The molecule has 0 radical (unpaired) electrons. The van der Waals surface area contributed by atoms with E-state index in [9.17, 15) is 4.79 Å². The molecule has 4 heterocycles. The maximum absolute atomic E-state index is 12.5. The lowest BCUT2D eigenvalue weighted by molar-refractivity contribution is 0.0943. The van der Waals surface area contributed by atoms with E-state index in [0.717, 1.165) is 22.4 Å². The van der Waals surface area contributed by atoms with Crippen LogP contribution in [-0.4, -0.2) is 35.2 Å². The van der Waals surface area contributed by atoms with Crippen LogP contribution in [0.2, 0.25) is 0 Å². The molecule has 0 saturated heterocycles. The highest BCUT2D eigenvalue weighted by Crippen LogP contribution is 2.22. The second-order valence-electron chi connectivity index (χ2n) is 6.40. The van der Waals surface area contributed by atoms with Gasteiger partial charge in [0.2, 0.25) is 0 Å². The molecule has 8 nitrogen and oxygen atoms in total. The van der Waals surface area contributed by atoms with E-state index in [0.29, 0.717) is 18.1 Å². The summed E-state index contributed by atoms with van der Waals surface area (Å²) in [4.78, 5) is 25.4. The predicted octanol–water partition coefficient (Wildman–Crippen LogP) is 2.21. The summed E-state index contributed by atoms with van der Waals surface area (Å²) < 4.78 is 3.52. The molecule has 0 aromatic carbocycles. The fraction of sp³-hybridized carbons (Fsp3) is 0.150. The Kier molecular flexibility index (Phi) is 4.67. The summed E-state index contributed by atoms with van der Waals surface area (Å²) in [5.74, 6) is 0.458. The third kappa shape index (κ3) is 3.52. The van der Waals surface area contributed by atoms with Gasteiger partial charge in [0, 0.05) is 68.9 Å². The zero-order chi connectivity index (χ0) is 19.5. The maximum atomic E-state index is 12.5. The molecule has 0 aliphatic rings. The van der Waals surface area contributed by atoms with Crippen molar-refractivity contribution in [2.75, 3.05) is 0 Å². The van der Waals surface area contributed by atoms with Crippen LogP contribution in [0.5, 0.6) is 0 Å². The topological polar surface area (TPSA) is 90.5 Å². The van der Waals surface area contributed by atoms with Crippen LogP contribution in [0.4, 0.5) is 0 Å². The molecule has 4 aromatic heterocycles. The standard InChI is InChI=1S/C20H19N7O/c1-26-13-15(8-18(26)20(28)24-10-14-4-3-6-21-9-14)16-11-22-19(23-12-16)17-5-7-25-27(17)2/h3-9,11-13H,10H2,1-2H3,(H,24,28). The lowest BCUT2D eigenvalue weighted by Crippen LogP contribution is -2.24. The van der Waals surface area contributed by atoms with Gasteiger partial charge in [0.05, 0.1) is 0 Å². The van der Waals surface area contributed by atoms with Gasteiger partial charge in [-0.25, -0.2) is 9.97 Å². The molecular formula is C20H19N7O. The van der Waals surface area contributed by atoms with Crippen molar-refractivity contribution >= 4 is 5.91 Å². The van der Waals surface area contributed by atoms with Crippen molar-refractivity contribution in [2.24, 2.45) is 14.1 Å². The summed E-state index contributed by atoms with van der Waals surface area (Å²) in [5, 5.41) is 7.05. The SMILES string of the molecule is Cn1cc(-c2cnc(-c3ccnn3C)nc2)cc1C(=O)NCc1cccnc1. The Balaban J connectivity index is 1.51. The Morgan fingerprint density at radius 1 is 1.07 bits per heavy atom. The van der Waals surface area contributed by atoms with Gasteiger partial charge in [-0.1, -0.05) is 6.07 Å². The van der Waals surface area contributed by atoms with Crippen LogP contribution in [0.1, 0.15) is 16.1 Å². The predicted molar refractivity (Wildman–Crippen MR) is 104 cm³/mol. The van der Waals surface area contributed by atoms with Crippen LogP contribution < -0.4 is 5.32 Å². The molecule has 4 aromatic rings. The van der Waals surface area contributed by atoms with E-state index in [1.165, 1.54) is 0 Å². The van der Waals surface area contributed by atoms with E-state index in [1.807, 2.05) is 44.6 Å². The van der Waals surface area contributed by atoms with Crippen molar-refractivity contribution in [2.45, 2.75) is 6.54 Å². The van der Waals surface area contributed by atoms with E-state index in [2.05, 4.69) is 25.4 Å². The number of nitrogens with zero attached hydrogens (tertiary/aromatic N) is 6. The molecule has 8 heteroatoms.